The minimum absolute atomic E-state index is 0.0776. The first-order chi connectivity index (χ1) is 7.60. The Labute approximate surface area is 95.5 Å². The number of hydrogen-bond donors (Lipinski definition) is 3. The van der Waals surface area contributed by atoms with Crippen LogP contribution in [0.3, 0.4) is 0 Å². The zero-order valence-corrected chi connectivity index (χ0v) is 9.02. The van der Waals surface area contributed by atoms with Crippen molar-refractivity contribution >= 4 is 17.4 Å². The molecule has 6 nitrogen and oxygen atoms in total. The van der Waals surface area contributed by atoms with Crippen LogP contribution in [0.25, 0.3) is 0 Å². The molecule has 1 unspecified atom stereocenters. The van der Waals surface area contributed by atoms with E-state index in [4.69, 9.17) is 15.5 Å². The fourth-order valence-corrected chi connectivity index (χ4v) is 2.16. The Hall–Kier alpha value is -1.62. The highest BCUT2D eigenvalue weighted by Gasteiger charge is 2.24. The predicted octanol–water partition coefficient (Wildman–Crippen LogP) is 1.41. The van der Waals surface area contributed by atoms with E-state index in [1.807, 2.05) is 6.07 Å². The van der Waals surface area contributed by atoms with Crippen LogP contribution >= 0.6 is 11.3 Å². The Morgan fingerprint density at radius 1 is 1.62 bits per heavy atom. The first-order valence-corrected chi connectivity index (χ1v) is 5.23. The number of aliphatic hydroxyl groups excluding tert-OH is 1. The fraction of sp³-hybridized carbons (Fsp3) is 0.333. The number of nitriles is 1. The molecule has 0 aliphatic heterocycles. The van der Waals surface area contributed by atoms with Gasteiger partial charge in [-0.1, -0.05) is 0 Å². The van der Waals surface area contributed by atoms with E-state index in [0.717, 1.165) is 11.3 Å². The van der Waals surface area contributed by atoms with Crippen molar-refractivity contribution in [2.24, 2.45) is 0 Å². The zero-order chi connectivity index (χ0) is 12.1. The first-order valence-electron chi connectivity index (χ1n) is 4.42. The van der Waals surface area contributed by atoms with E-state index in [1.54, 1.807) is 12.1 Å². The Balaban J connectivity index is 2.93. The molecule has 0 aromatic carbocycles. The van der Waals surface area contributed by atoms with Crippen LogP contribution in [-0.2, 0) is 0 Å². The number of amides is 1. The van der Waals surface area contributed by atoms with Crippen molar-refractivity contribution in [2.75, 3.05) is 6.61 Å². The zero-order valence-electron chi connectivity index (χ0n) is 8.20. The number of hydroxylamine groups is 2. The summed E-state index contributed by atoms with van der Waals surface area (Å²) >= 11 is 1.09. The maximum Gasteiger partial charge on any atom is 0.431 e. The van der Waals surface area contributed by atoms with Crippen molar-refractivity contribution in [3.63, 3.8) is 0 Å². The number of aliphatic hydroxyl groups is 1. The van der Waals surface area contributed by atoms with Crippen molar-refractivity contribution < 1.29 is 20.2 Å². The second-order valence-electron chi connectivity index (χ2n) is 2.97. The number of carboxylic acid groups (broad SMARTS) is 1. The van der Waals surface area contributed by atoms with Crippen molar-refractivity contribution in [1.29, 1.82) is 5.26 Å². The van der Waals surface area contributed by atoms with E-state index in [2.05, 4.69) is 0 Å². The van der Waals surface area contributed by atoms with Crippen molar-refractivity contribution in [3.8, 4) is 6.07 Å². The van der Waals surface area contributed by atoms with Gasteiger partial charge in [0.1, 0.15) is 10.9 Å². The van der Waals surface area contributed by atoms with Crippen molar-refractivity contribution in [3.05, 3.63) is 21.9 Å². The third-order valence-electron chi connectivity index (χ3n) is 1.96. The van der Waals surface area contributed by atoms with Gasteiger partial charge >= 0.3 is 6.09 Å². The highest BCUT2D eigenvalue weighted by Crippen LogP contribution is 2.29. The van der Waals surface area contributed by atoms with Crippen LogP contribution in [0.4, 0.5) is 4.79 Å². The van der Waals surface area contributed by atoms with E-state index in [9.17, 15) is 10.0 Å². The summed E-state index contributed by atoms with van der Waals surface area (Å²) in [5.41, 5.74) is 0. The van der Waals surface area contributed by atoms with Gasteiger partial charge in [-0.15, -0.1) is 11.3 Å². The SMILES string of the molecule is N#Cc1ccc(C(CCO)N(O)C(=O)O)s1. The van der Waals surface area contributed by atoms with Gasteiger partial charge in [-0.05, 0) is 18.6 Å². The van der Waals surface area contributed by atoms with Gasteiger partial charge in [-0.3, -0.25) is 5.21 Å². The van der Waals surface area contributed by atoms with Crippen molar-refractivity contribution in [2.45, 2.75) is 12.5 Å². The monoisotopic (exact) mass is 242 g/mol. The molecular weight excluding hydrogens is 232 g/mol. The molecule has 1 atom stereocenters. The van der Waals surface area contributed by atoms with Gasteiger partial charge in [0.2, 0.25) is 0 Å². The molecule has 0 saturated heterocycles. The molecule has 16 heavy (non-hydrogen) atoms. The van der Waals surface area contributed by atoms with E-state index < -0.39 is 12.1 Å². The summed E-state index contributed by atoms with van der Waals surface area (Å²) in [7, 11) is 0. The lowest BCUT2D eigenvalue weighted by molar-refractivity contribution is -0.101. The molecule has 0 saturated carbocycles. The highest BCUT2D eigenvalue weighted by atomic mass is 32.1. The molecule has 3 N–H and O–H groups in total. The molecule has 0 radical (unpaired) electrons. The van der Waals surface area contributed by atoms with Gasteiger partial charge in [0, 0.05) is 11.5 Å². The Morgan fingerprint density at radius 2 is 2.31 bits per heavy atom. The summed E-state index contributed by atoms with van der Waals surface area (Å²) in [6.45, 7) is -0.255. The molecule has 0 fully saturated rings. The number of nitrogens with zero attached hydrogens (tertiary/aromatic N) is 2. The lowest BCUT2D eigenvalue weighted by Gasteiger charge is -2.21. The van der Waals surface area contributed by atoms with E-state index >= 15 is 0 Å². The topological polar surface area (TPSA) is 105 Å². The highest BCUT2D eigenvalue weighted by molar-refractivity contribution is 7.12. The van der Waals surface area contributed by atoms with Crippen LogP contribution in [0.2, 0.25) is 0 Å². The fourth-order valence-electron chi connectivity index (χ4n) is 1.23. The van der Waals surface area contributed by atoms with Crippen LogP contribution in [0.1, 0.15) is 22.2 Å². The molecule has 0 aliphatic carbocycles. The smallest absolute Gasteiger partial charge is 0.431 e. The Kier molecular flexibility index (Phi) is 4.25. The van der Waals surface area contributed by atoms with Crippen LogP contribution in [0.5, 0.6) is 0 Å². The quantitative estimate of drug-likeness (QED) is 0.547. The van der Waals surface area contributed by atoms with Gasteiger partial charge in [-0.2, -0.15) is 10.3 Å². The Morgan fingerprint density at radius 3 is 2.75 bits per heavy atom. The van der Waals surface area contributed by atoms with Crippen molar-refractivity contribution in [1.82, 2.24) is 5.06 Å². The molecule has 7 heteroatoms. The first kappa shape index (κ1) is 12.4. The number of thiophene rings is 1. The lowest BCUT2D eigenvalue weighted by Crippen LogP contribution is -2.30. The standard InChI is InChI=1S/C9H10N2O4S/c10-5-6-1-2-8(16-6)7(3-4-12)11(15)9(13)14/h1-2,7,12,15H,3-4H2,(H,13,14). The molecule has 1 aromatic rings. The van der Waals surface area contributed by atoms with Crippen LogP contribution < -0.4 is 0 Å². The number of hydrogen-bond acceptors (Lipinski definition) is 5. The molecule has 1 rings (SSSR count). The van der Waals surface area contributed by atoms with Gasteiger partial charge in [-0.25, -0.2) is 4.79 Å². The summed E-state index contributed by atoms with van der Waals surface area (Å²) in [6.07, 6.45) is -1.42. The molecule has 1 heterocycles. The third-order valence-corrected chi connectivity index (χ3v) is 3.05. The van der Waals surface area contributed by atoms with Gasteiger partial charge in [0.05, 0.1) is 6.04 Å². The van der Waals surface area contributed by atoms with E-state index in [0.29, 0.717) is 9.75 Å². The molecule has 1 aromatic heterocycles. The maximum absolute atomic E-state index is 10.6. The summed E-state index contributed by atoms with van der Waals surface area (Å²) in [4.78, 5) is 11.6. The molecule has 86 valence electrons. The van der Waals surface area contributed by atoms with Crippen LogP contribution in [-0.4, -0.2) is 33.2 Å². The van der Waals surface area contributed by atoms with Gasteiger partial charge < -0.3 is 10.2 Å². The average Bonchev–Trinajstić information content (AvgIpc) is 2.73. The number of carbonyl (C=O) groups is 1. The maximum atomic E-state index is 10.6. The number of rotatable bonds is 4. The summed E-state index contributed by atoms with van der Waals surface area (Å²) in [5.74, 6) is 0. The van der Waals surface area contributed by atoms with Crippen LogP contribution in [0.15, 0.2) is 12.1 Å². The third kappa shape index (κ3) is 2.70. The minimum Gasteiger partial charge on any atom is -0.463 e. The molecular formula is C9H10N2O4S. The molecule has 0 bridgehead atoms. The largest absolute Gasteiger partial charge is 0.463 e. The minimum atomic E-state index is -1.50. The average molecular weight is 242 g/mol. The summed E-state index contributed by atoms with van der Waals surface area (Å²) in [6, 6.07) is 4.19. The molecule has 1 amide bonds. The van der Waals surface area contributed by atoms with Gasteiger partial charge in [0.15, 0.2) is 0 Å². The lowest BCUT2D eigenvalue weighted by atomic mass is 10.2. The molecule has 0 aliphatic rings. The Bertz CT molecular complexity index is 412. The van der Waals surface area contributed by atoms with E-state index in [-0.39, 0.29) is 18.1 Å². The summed E-state index contributed by atoms with van der Waals surface area (Å²) < 4.78 is 0. The normalized spacial score (nSPS) is 11.8. The van der Waals surface area contributed by atoms with E-state index in [1.165, 1.54) is 0 Å². The second-order valence-corrected chi connectivity index (χ2v) is 4.08. The second kappa shape index (κ2) is 5.46. The van der Waals surface area contributed by atoms with Crippen LogP contribution in [0, 0.1) is 11.3 Å². The molecule has 0 spiro atoms. The summed E-state index contributed by atoms with van der Waals surface area (Å²) in [5, 5.41) is 35.5. The predicted molar refractivity (Wildman–Crippen MR) is 55.1 cm³/mol. The van der Waals surface area contributed by atoms with Gasteiger partial charge in [0.25, 0.3) is 0 Å².